The lowest BCUT2D eigenvalue weighted by atomic mass is 10.2. The Morgan fingerprint density at radius 3 is 2.79 bits per heavy atom. The Kier molecular flexibility index (Phi) is 9.65. The predicted molar refractivity (Wildman–Crippen MR) is 120 cm³/mol. The predicted octanol–water partition coefficient (Wildman–Crippen LogP) is 1.57. The van der Waals surface area contributed by atoms with Gasteiger partial charge in [-0.25, -0.2) is 0 Å². The van der Waals surface area contributed by atoms with Gasteiger partial charge in [0.2, 0.25) is 0 Å². The molecule has 28 heavy (non-hydrogen) atoms. The van der Waals surface area contributed by atoms with E-state index in [4.69, 9.17) is 0 Å². The fourth-order valence-corrected chi connectivity index (χ4v) is 3.44. The van der Waals surface area contributed by atoms with Crippen molar-refractivity contribution < 1.29 is 0 Å². The second-order valence-corrected chi connectivity index (χ2v) is 6.82. The van der Waals surface area contributed by atoms with Crippen LogP contribution in [0.2, 0.25) is 0 Å². The molecule has 0 spiro atoms. The third-order valence-electron chi connectivity index (χ3n) is 4.94. The van der Waals surface area contributed by atoms with Gasteiger partial charge >= 0.3 is 0 Å². The molecule has 10 heteroatoms. The first-order valence-electron chi connectivity index (χ1n) is 10.0. The van der Waals surface area contributed by atoms with E-state index >= 15 is 0 Å². The number of guanidine groups is 1. The maximum absolute atomic E-state index is 4.40. The van der Waals surface area contributed by atoms with Gasteiger partial charge in [-0.2, -0.15) is 0 Å². The maximum atomic E-state index is 4.40. The van der Waals surface area contributed by atoms with Crippen molar-refractivity contribution in [2.24, 2.45) is 4.99 Å². The molecule has 0 saturated carbocycles. The van der Waals surface area contributed by atoms with E-state index in [-0.39, 0.29) is 24.0 Å². The van der Waals surface area contributed by atoms with Gasteiger partial charge in [-0.1, -0.05) is 13.3 Å². The van der Waals surface area contributed by atoms with Crippen molar-refractivity contribution in [1.82, 2.24) is 40.2 Å². The van der Waals surface area contributed by atoms with E-state index in [1.54, 1.807) is 13.4 Å². The van der Waals surface area contributed by atoms with Crippen LogP contribution in [0.1, 0.15) is 50.1 Å². The second-order valence-electron chi connectivity index (χ2n) is 6.82. The van der Waals surface area contributed by atoms with E-state index in [1.165, 1.54) is 19.3 Å². The van der Waals surface area contributed by atoms with E-state index in [0.717, 1.165) is 75.3 Å². The van der Waals surface area contributed by atoms with E-state index in [9.17, 15) is 0 Å². The van der Waals surface area contributed by atoms with Gasteiger partial charge in [-0.05, 0) is 19.3 Å². The Balaban J connectivity index is 0.00000280. The molecule has 3 rings (SSSR count). The number of nitrogens with one attached hydrogen (secondary N) is 2. The van der Waals surface area contributed by atoms with Crippen LogP contribution in [0.25, 0.3) is 0 Å². The highest BCUT2D eigenvalue weighted by Gasteiger charge is 2.14. The third-order valence-corrected chi connectivity index (χ3v) is 4.94. The van der Waals surface area contributed by atoms with Crippen LogP contribution in [0.4, 0.5) is 0 Å². The van der Waals surface area contributed by atoms with Crippen LogP contribution in [-0.4, -0.2) is 55.6 Å². The van der Waals surface area contributed by atoms with E-state index in [1.807, 2.05) is 0 Å². The Hall–Kier alpha value is -1.72. The van der Waals surface area contributed by atoms with Crippen LogP contribution in [0.5, 0.6) is 0 Å². The molecular weight excluding hydrogens is 469 g/mol. The number of aromatic nitrogens is 6. The van der Waals surface area contributed by atoms with Crippen LogP contribution >= 0.6 is 24.0 Å². The number of aliphatic imine (C=N–C) groups is 1. The fraction of sp³-hybridized carbons (Fsp3) is 0.722. The molecule has 2 N–H and O–H groups in total. The largest absolute Gasteiger partial charge is 0.356 e. The smallest absolute Gasteiger partial charge is 0.191 e. The molecule has 2 aromatic rings. The topological polar surface area (TPSA) is 97.8 Å². The van der Waals surface area contributed by atoms with Crippen molar-refractivity contribution in [3.63, 3.8) is 0 Å². The number of nitrogens with zero attached hydrogens (tertiary/aromatic N) is 7. The first kappa shape index (κ1) is 22.6. The SMILES string of the molecule is CCc1nncn1CCNC(=NC)NCCCc1nnc2n1CCCCC2.I. The molecule has 1 aliphatic heterocycles. The zero-order valence-corrected chi connectivity index (χ0v) is 19.2. The summed E-state index contributed by atoms with van der Waals surface area (Å²) in [6, 6.07) is 0. The van der Waals surface area contributed by atoms with Crippen LogP contribution < -0.4 is 10.6 Å². The molecular formula is C18H32IN9. The Bertz CT molecular complexity index is 737. The van der Waals surface area contributed by atoms with Gasteiger partial charge in [-0.3, -0.25) is 4.99 Å². The average Bonchev–Trinajstić information content (AvgIpc) is 3.23. The van der Waals surface area contributed by atoms with Crippen LogP contribution in [0, 0.1) is 0 Å². The lowest BCUT2D eigenvalue weighted by molar-refractivity contribution is 0.592. The summed E-state index contributed by atoms with van der Waals surface area (Å²) in [6.07, 6.45) is 9.43. The monoisotopic (exact) mass is 501 g/mol. The quantitative estimate of drug-likeness (QED) is 0.247. The molecule has 0 unspecified atom stereocenters. The van der Waals surface area contributed by atoms with Crippen molar-refractivity contribution in [2.75, 3.05) is 20.1 Å². The number of halogens is 1. The molecule has 1 aliphatic rings. The number of fused-ring (bicyclic) bond motifs is 1. The van der Waals surface area contributed by atoms with Gasteiger partial charge in [0.1, 0.15) is 23.8 Å². The molecule has 0 aromatic carbocycles. The van der Waals surface area contributed by atoms with E-state index < -0.39 is 0 Å². The first-order valence-corrected chi connectivity index (χ1v) is 10.0. The van der Waals surface area contributed by atoms with Crippen molar-refractivity contribution in [3.8, 4) is 0 Å². The van der Waals surface area contributed by atoms with Crippen LogP contribution in [0.15, 0.2) is 11.3 Å². The van der Waals surface area contributed by atoms with Crippen molar-refractivity contribution in [2.45, 2.75) is 65.0 Å². The summed E-state index contributed by atoms with van der Waals surface area (Å²) < 4.78 is 4.39. The Labute approximate surface area is 183 Å². The normalized spacial score (nSPS) is 14.1. The summed E-state index contributed by atoms with van der Waals surface area (Å²) >= 11 is 0. The molecule has 0 aliphatic carbocycles. The lowest BCUT2D eigenvalue weighted by Crippen LogP contribution is -2.39. The highest BCUT2D eigenvalue weighted by atomic mass is 127. The zero-order chi connectivity index (χ0) is 18.9. The summed E-state index contributed by atoms with van der Waals surface area (Å²) in [6.45, 7) is 5.61. The summed E-state index contributed by atoms with van der Waals surface area (Å²) in [5, 5.41) is 23.5. The standard InChI is InChI=1S/C18H31N9.HI/c1-3-15-23-22-14-26(15)13-11-21-18(19-2)20-10-7-9-17-25-24-16-8-5-4-6-12-27(16)17;/h14H,3-13H2,1-2H3,(H2,19,20,21);1H. The van der Waals surface area contributed by atoms with Gasteiger partial charge in [0.25, 0.3) is 0 Å². The first-order chi connectivity index (χ1) is 13.3. The summed E-state index contributed by atoms with van der Waals surface area (Å²) in [7, 11) is 1.80. The number of aryl methyl sites for hydroxylation is 3. The summed E-state index contributed by atoms with van der Waals surface area (Å²) in [5.41, 5.74) is 0. The van der Waals surface area contributed by atoms with Crippen molar-refractivity contribution >= 4 is 29.9 Å². The van der Waals surface area contributed by atoms with Gasteiger partial charge in [-0.15, -0.1) is 44.4 Å². The number of hydrogen-bond donors (Lipinski definition) is 2. The minimum atomic E-state index is 0. The number of hydrogen-bond acceptors (Lipinski definition) is 5. The molecule has 0 saturated heterocycles. The molecule has 0 bridgehead atoms. The molecule has 2 aromatic heterocycles. The maximum Gasteiger partial charge on any atom is 0.191 e. The third kappa shape index (κ3) is 6.14. The molecule has 3 heterocycles. The molecule has 156 valence electrons. The minimum Gasteiger partial charge on any atom is -0.356 e. The van der Waals surface area contributed by atoms with Gasteiger partial charge in [0.05, 0.1) is 0 Å². The van der Waals surface area contributed by atoms with E-state index in [0.29, 0.717) is 0 Å². The highest BCUT2D eigenvalue weighted by molar-refractivity contribution is 14.0. The Morgan fingerprint density at radius 2 is 1.96 bits per heavy atom. The van der Waals surface area contributed by atoms with Crippen LogP contribution in [0.3, 0.4) is 0 Å². The zero-order valence-electron chi connectivity index (χ0n) is 16.9. The molecule has 0 amide bonds. The number of rotatable bonds is 8. The highest BCUT2D eigenvalue weighted by Crippen LogP contribution is 2.15. The molecule has 0 fully saturated rings. The van der Waals surface area contributed by atoms with Crippen molar-refractivity contribution in [3.05, 3.63) is 23.8 Å². The molecule has 0 atom stereocenters. The minimum absolute atomic E-state index is 0. The lowest BCUT2D eigenvalue weighted by Gasteiger charge is -2.13. The summed E-state index contributed by atoms with van der Waals surface area (Å²) in [5.74, 6) is 4.11. The molecule has 9 nitrogen and oxygen atoms in total. The second kappa shape index (κ2) is 12.0. The average molecular weight is 501 g/mol. The van der Waals surface area contributed by atoms with Crippen molar-refractivity contribution in [1.29, 1.82) is 0 Å². The van der Waals surface area contributed by atoms with Gasteiger partial charge in [0, 0.05) is 52.5 Å². The van der Waals surface area contributed by atoms with Gasteiger partial charge in [0.15, 0.2) is 5.96 Å². The Morgan fingerprint density at radius 1 is 1.11 bits per heavy atom. The summed E-state index contributed by atoms with van der Waals surface area (Å²) in [4.78, 5) is 4.29. The van der Waals surface area contributed by atoms with E-state index in [2.05, 4.69) is 52.1 Å². The van der Waals surface area contributed by atoms with Crippen LogP contribution in [-0.2, 0) is 32.4 Å². The fourth-order valence-electron chi connectivity index (χ4n) is 3.44. The van der Waals surface area contributed by atoms with Gasteiger partial charge < -0.3 is 19.8 Å². The molecule has 0 radical (unpaired) electrons.